The lowest BCUT2D eigenvalue weighted by Crippen LogP contribution is -2.47. The summed E-state index contributed by atoms with van der Waals surface area (Å²) in [5.74, 6) is -0.281. The Kier molecular flexibility index (Phi) is 2.80. The number of aliphatic hydroxyl groups is 1. The molecular weight excluding hydrogens is 240 g/mol. The second-order valence-corrected chi connectivity index (χ2v) is 6.07. The maximum absolute atomic E-state index is 12.6. The number of rotatable bonds is 1. The molecule has 1 aromatic rings. The van der Waals surface area contributed by atoms with Gasteiger partial charge in [0.1, 0.15) is 11.2 Å². The first kappa shape index (κ1) is 12.8. The van der Waals surface area contributed by atoms with Crippen LogP contribution in [-0.4, -0.2) is 28.7 Å². The molecule has 1 saturated carbocycles. The zero-order valence-electron chi connectivity index (χ0n) is 11.4. The van der Waals surface area contributed by atoms with E-state index in [9.17, 15) is 9.90 Å². The third kappa shape index (κ3) is 1.68. The number of ketones is 1. The van der Waals surface area contributed by atoms with Gasteiger partial charge in [-0.3, -0.25) is 4.79 Å². The molecule has 0 radical (unpaired) electrons. The number of hydrogen-bond acceptors (Lipinski definition) is 3. The Balaban J connectivity index is 2.10. The molecule has 1 saturated heterocycles. The summed E-state index contributed by atoms with van der Waals surface area (Å²) in [4.78, 5) is 12.6. The first-order valence-corrected chi connectivity index (χ1v) is 6.94. The number of fused-ring (bicyclic) bond motifs is 1. The van der Waals surface area contributed by atoms with Gasteiger partial charge in [0.25, 0.3) is 0 Å². The SMILES string of the molecule is C[C@]1(O)C(=O)[C@@]2(C)OCCC[C@H]2[C@@H]1c1ccccc1. The van der Waals surface area contributed by atoms with Crippen molar-refractivity contribution in [2.45, 2.75) is 43.8 Å². The highest BCUT2D eigenvalue weighted by Gasteiger charge is 2.65. The molecule has 0 bridgehead atoms. The molecule has 1 heterocycles. The van der Waals surface area contributed by atoms with Crippen LogP contribution in [0.15, 0.2) is 30.3 Å². The minimum atomic E-state index is -1.34. The van der Waals surface area contributed by atoms with E-state index in [0.717, 1.165) is 18.4 Å². The maximum Gasteiger partial charge on any atom is 0.196 e. The van der Waals surface area contributed by atoms with E-state index in [1.165, 1.54) is 0 Å². The summed E-state index contributed by atoms with van der Waals surface area (Å²) in [7, 11) is 0. The van der Waals surface area contributed by atoms with Crippen molar-refractivity contribution in [3.63, 3.8) is 0 Å². The summed E-state index contributed by atoms with van der Waals surface area (Å²) in [5, 5.41) is 10.7. The Labute approximate surface area is 113 Å². The molecule has 0 aromatic heterocycles. The summed E-state index contributed by atoms with van der Waals surface area (Å²) < 4.78 is 5.78. The lowest BCUT2D eigenvalue weighted by Gasteiger charge is -2.36. The zero-order chi connectivity index (χ0) is 13.7. The van der Waals surface area contributed by atoms with Crippen LogP contribution >= 0.6 is 0 Å². The van der Waals surface area contributed by atoms with Crippen LogP contribution in [0.1, 0.15) is 38.2 Å². The van der Waals surface area contributed by atoms with E-state index in [1.807, 2.05) is 37.3 Å². The van der Waals surface area contributed by atoms with Crippen LogP contribution in [0.4, 0.5) is 0 Å². The molecule has 3 nitrogen and oxygen atoms in total. The molecule has 3 heteroatoms. The maximum atomic E-state index is 12.6. The van der Waals surface area contributed by atoms with Crippen molar-refractivity contribution in [1.29, 1.82) is 0 Å². The molecule has 1 aromatic carbocycles. The van der Waals surface area contributed by atoms with Gasteiger partial charge in [0, 0.05) is 18.4 Å². The van der Waals surface area contributed by atoms with Gasteiger partial charge in [-0.05, 0) is 32.3 Å². The predicted octanol–water partition coefficient (Wildman–Crippen LogP) is 2.29. The third-order valence-electron chi connectivity index (χ3n) is 4.85. The van der Waals surface area contributed by atoms with Gasteiger partial charge in [0.2, 0.25) is 0 Å². The standard InChI is InChI=1S/C16H20O3/c1-15(18)13(11-7-4-3-5-8-11)12-9-6-10-19-16(12,2)14(15)17/h3-5,7-8,12-13,18H,6,9-10H2,1-2H3/t12-,13-,15+,16-/m0/s1. The number of hydrogen-bond donors (Lipinski definition) is 1. The number of ether oxygens (including phenoxy) is 1. The van der Waals surface area contributed by atoms with Crippen molar-refractivity contribution in [3.05, 3.63) is 35.9 Å². The predicted molar refractivity (Wildman–Crippen MR) is 71.9 cm³/mol. The average molecular weight is 260 g/mol. The van der Waals surface area contributed by atoms with Crippen LogP contribution in [0.3, 0.4) is 0 Å². The van der Waals surface area contributed by atoms with Crippen molar-refractivity contribution < 1.29 is 14.6 Å². The van der Waals surface area contributed by atoms with Gasteiger partial charge in [-0.2, -0.15) is 0 Å². The quantitative estimate of drug-likeness (QED) is 0.842. The topological polar surface area (TPSA) is 46.5 Å². The summed E-state index contributed by atoms with van der Waals surface area (Å²) in [5.41, 5.74) is -1.15. The van der Waals surface area contributed by atoms with Crippen LogP contribution in [0, 0.1) is 5.92 Å². The van der Waals surface area contributed by atoms with Crippen molar-refractivity contribution in [2.75, 3.05) is 6.61 Å². The van der Waals surface area contributed by atoms with Gasteiger partial charge >= 0.3 is 0 Å². The highest BCUT2D eigenvalue weighted by atomic mass is 16.5. The monoisotopic (exact) mass is 260 g/mol. The molecule has 3 rings (SSSR count). The Morgan fingerprint density at radius 1 is 1.26 bits per heavy atom. The van der Waals surface area contributed by atoms with Crippen LogP contribution in [0.5, 0.6) is 0 Å². The van der Waals surface area contributed by atoms with Crippen molar-refractivity contribution in [1.82, 2.24) is 0 Å². The molecule has 102 valence electrons. The highest BCUT2D eigenvalue weighted by Crippen LogP contribution is 2.54. The molecule has 1 aliphatic heterocycles. The summed E-state index contributed by atoms with van der Waals surface area (Å²) >= 11 is 0. The van der Waals surface area contributed by atoms with E-state index >= 15 is 0 Å². The van der Waals surface area contributed by atoms with Crippen molar-refractivity contribution >= 4 is 5.78 Å². The molecular formula is C16H20O3. The molecule has 2 aliphatic rings. The van der Waals surface area contributed by atoms with Crippen LogP contribution in [-0.2, 0) is 9.53 Å². The van der Waals surface area contributed by atoms with Gasteiger partial charge in [-0.1, -0.05) is 30.3 Å². The fourth-order valence-corrected chi connectivity index (χ4v) is 3.94. The van der Waals surface area contributed by atoms with E-state index in [4.69, 9.17) is 4.74 Å². The minimum Gasteiger partial charge on any atom is -0.382 e. The Morgan fingerprint density at radius 2 is 1.95 bits per heavy atom. The highest BCUT2D eigenvalue weighted by molar-refractivity contribution is 5.98. The normalized spacial score (nSPS) is 42.2. The second-order valence-electron chi connectivity index (χ2n) is 6.07. The van der Waals surface area contributed by atoms with Gasteiger partial charge < -0.3 is 9.84 Å². The van der Waals surface area contributed by atoms with Gasteiger partial charge in [-0.15, -0.1) is 0 Å². The second kappa shape index (κ2) is 4.15. The van der Waals surface area contributed by atoms with Crippen LogP contribution < -0.4 is 0 Å². The van der Waals surface area contributed by atoms with E-state index in [-0.39, 0.29) is 17.6 Å². The van der Waals surface area contributed by atoms with E-state index in [2.05, 4.69) is 0 Å². The first-order valence-electron chi connectivity index (χ1n) is 6.94. The Morgan fingerprint density at radius 3 is 2.63 bits per heavy atom. The zero-order valence-corrected chi connectivity index (χ0v) is 11.4. The Hall–Kier alpha value is -1.19. The van der Waals surface area contributed by atoms with Crippen LogP contribution in [0.25, 0.3) is 0 Å². The molecule has 0 unspecified atom stereocenters. The molecule has 0 spiro atoms. The summed E-state index contributed by atoms with van der Waals surface area (Å²) in [6.07, 6.45) is 1.88. The molecule has 1 aliphatic carbocycles. The fraction of sp³-hybridized carbons (Fsp3) is 0.562. The number of carbonyl (C=O) groups is 1. The summed E-state index contributed by atoms with van der Waals surface area (Å²) in [6, 6.07) is 9.84. The van der Waals surface area contributed by atoms with Gasteiger partial charge in [-0.25, -0.2) is 0 Å². The van der Waals surface area contributed by atoms with E-state index < -0.39 is 11.2 Å². The number of benzene rings is 1. The van der Waals surface area contributed by atoms with Crippen molar-refractivity contribution in [2.24, 2.45) is 5.92 Å². The third-order valence-corrected chi connectivity index (χ3v) is 4.85. The molecule has 0 amide bonds. The van der Waals surface area contributed by atoms with E-state index in [1.54, 1.807) is 6.92 Å². The number of carbonyl (C=O) groups excluding carboxylic acids is 1. The molecule has 2 fully saturated rings. The molecule has 1 N–H and O–H groups in total. The Bertz CT molecular complexity index is 494. The van der Waals surface area contributed by atoms with Crippen molar-refractivity contribution in [3.8, 4) is 0 Å². The average Bonchev–Trinajstić information content (AvgIpc) is 2.56. The van der Waals surface area contributed by atoms with Gasteiger partial charge in [0.05, 0.1) is 0 Å². The summed E-state index contributed by atoms with van der Waals surface area (Å²) in [6.45, 7) is 4.09. The molecule has 19 heavy (non-hydrogen) atoms. The number of Topliss-reactive ketones (excluding diaryl/α,β-unsaturated/α-hetero) is 1. The largest absolute Gasteiger partial charge is 0.382 e. The lowest BCUT2D eigenvalue weighted by molar-refractivity contribution is -0.156. The van der Waals surface area contributed by atoms with E-state index in [0.29, 0.717) is 6.61 Å². The molecule has 4 atom stereocenters. The lowest BCUT2D eigenvalue weighted by atomic mass is 9.76. The smallest absolute Gasteiger partial charge is 0.196 e. The van der Waals surface area contributed by atoms with Gasteiger partial charge in [0.15, 0.2) is 5.78 Å². The minimum absolute atomic E-state index is 0.0612. The fourth-order valence-electron chi connectivity index (χ4n) is 3.94. The van der Waals surface area contributed by atoms with Crippen LogP contribution in [0.2, 0.25) is 0 Å². The first-order chi connectivity index (χ1) is 8.98.